The van der Waals surface area contributed by atoms with Crippen LogP contribution in [0.3, 0.4) is 0 Å². The molecule has 0 heterocycles. The Labute approximate surface area is 132 Å². The Kier molecular flexibility index (Phi) is 5.32. The molecule has 0 amide bonds. The van der Waals surface area contributed by atoms with Crippen LogP contribution in [0.25, 0.3) is 0 Å². The molecule has 2 aromatic carbocycles. The fourth-order valence-corrected chi connectivity index (χ4v) is 3.13. The van der Waals surface area contributed by atoms with E-state index in [0.29, 0.717) is 11.5 Å². The van der Waals surface area contributed by atoms with Crippen molar-refractivity contribution in [2.24, 2.45) is 0 Å². The lowest BCUT2D eigenvalue weighted by molar-refractivity contribution is 0.354. The predicted octanol–water partition coefficient (Wildman–Crippen LogP) is 4.99. The van der Waals surface area contributed by atoms with Gasteiger partial charge in [-0.3, -0.25) is 0 Å². The summed E-state index contributed by atoms with van der Waals surface area (Å²) in [6.45, 7) is 0. The van der Waals surface area contributed by atoms with E-state index in [1.807, 2.05) is 30.3 Å². The molecule has 0 saturated heterocycles. The van der Waals surface area contributed by atoms with Crippen LogP contribution in [-0.2, 0) is 6.42 Å². The van der Waals surface area contributed by atoms with Crippen LogP contribution in [0.5, 0.6) is 11.5 Å². The second kappa shape index (κ2) is 7.00. The smallest absolute Gasteiger partial charge is 0.161 e. The number of benzene rings is 2. The summed E-state index contributed by atoms with van der Waals surface area (Å²) in [6, 6.07) is 14.0. The minimum absolute atomic E-state index is 0.133. The molecule has 0 aliphatic carbocycles. The van der Waals surface area contributed by atoms with Gasteiger partial charge in [0.25, 0.3) is 0 Å². The molecule has 0 N–H and O–H groups in total. The fourth-order valence-electron chi connectivity index (χ4n) is 2.04. The van der Waals surface area contributed by atoms with Crippen LogP contribution in [0.4, 0.5) is 0 Å². The summed E-state index contributed by atoms with van der Waals surface area (Å²) in [4.78, 5) is 0. The van der Waals surface area contributed by atoms with Crippen molar-refractivity contribution < 1.29 is 9.47 Å². The van der Waals surface area contributed by atoms with E-state index in [-0.39, 0.29) is 5.38 Å². The van der Waals surface area contributed by atoms with Gasteiger partial charge in [-0.25, -0.2) is 0 Å². The second-order valence-electron chi connectivity index (χ2n) is 4.39. The summed E-state index contributed by atoms with van der Waals surface area (Å²) in [5.74, 6) is 1.37. The Balaban J connectivity index is 2.27. The van der Waals surface area contributed by atoms with Crippen molar-refractivity contribution in [3.8, 4) is 11.5 Å². The van der Waals surface area contributed by atoms with Gasteiger partial charge in [-0.1, -0.05) is 46.3 Å². The summed E-state index contributed by atoms with van der Waals surface area (Å²) >= 11 is 10.1. The minimum atomic E-state index is -0.133. The third kappa shape index (κ3) is 3.47. The molecule has 0 spiro atoms. The summed E-state index contributed by atoms with van der Waals surface area (Å²) in [5, 5.41) is -0.133. The van der Waals surface area contributed by atoms with Crippen molar-refractivity contribution in [1.29, 1.82) is 0 Å². The summed E-state index contributed by atoms with van der Waals surface area (Å²) in [6.07, 6.45) is 0.760. The highest BCUT2D eigenvalue weighted by Gasteiger charge is 2.16. The van der Waals surface area contributed by atoms with E-state index in [2.05, 4.69) is 28.1 Å². The molecule has 0 saturated carbocycles. The highest BCUT2D eigenvalue weighted by atomic mass is 79.9. The number of alkyl halides is 1. The number of hydrogen-bond acceptors (Lipinski definition) is 2. The third-order valence-corrected chi connectivity index (χ3v) is 4.17. The first-order chi connectivity index (χ1) is 9.65. The lowest BCUT2D eigenvalue weighted by Gasteiger charge is -2.16. The van der Waals surface area contributed by atoms with Gasteiger partial charge in [0.05, 0.1) is 19.6 Å². The average molecular weight is 356 g/mol. The number of hydrogen-bond donors (Lipinski definition) is 0. The van der Waals surface area contributed by atoms with Crippen LogP contribution in [0.1, 0.15) is 16.5 Å². The van der Waals surface area contributed by atoms with Gasteiger partial charge in [-0.2, -0.15) is 0 Å². The molecular formula is C16H16BrClO2. The van der Waals surface area contributed by atoms with Gasteiger partial charge in [0.1, 0.15) is 0 Å². The van der Waals surface area contributed by atoms with E-state index in [0.717, 1.165) is 16.5 Å². The zero-order chi connectivity index (χ0) is 14.5. The van der Waals surface area contributed by atoms with Gasteiger partial charge >= 0.3 is 0 Å². The van der Waals surface area contributed by atoms with E-state index < -0.39 is 0 Å². The van der Waals surface area contributed by atoms with Gasteiger partial charge in [0.15, 0.2) is 11.5 Å². The van der Waals surface area contributed by atoms with E-state index in [1.54, 1.807) is 14.2 Å². The third-order valence-electron chi connectivity index (χ3n) is 3.10. The van der Waals surface area contributed by atoms with Gasteiger partial charge in [-0.15, -0.1) is 11.6 Å². The number of ether oxygens (including phenoxy) is 2. The van der Waals surface area contributed by atoms with E-state index in [1.165, 1.54) is 5.56 Å². The van der Waals surface area contributed by atoms with Crippen LogP contribution >= 0.6 is 27.5 Å². The molecule has 106 valence electrons. The molecule has 0 aliphatic heterocycles. The maximum Gasteiger partial charge on any atom is 0.161 e. The topological polar surface area (TPSA) is 18.5 Å². The maximum absolute atomic E-state index is 6.54. The number of halogens is 2. The van der Waals surface area contributed by atoms with Crippen LogP contribution < -0.4 is 9.47 Å². The Bertz CT molecular complexity index is 572. The first-order valence-electron chi connectivity index (χ1n) is 6.25. The lowest BCUT2D eigenvalue weighted by atomic mass is 10.0. The molecule has 2 nitrogen and oxygen atoms in total. The second-order valence-corrected chi connectivity index (χ2v) is 5.77. The first kappa shape index (κ1) is 15.2. The first-order valence-corrected chi connectivity index (χ1v) is 7.48. The molecule has 0 radical (unpaired) electrons. The monoisotopic (exact) mass is 354 g/mol. The maximum atomic E-state index is 6.54. The molecular weight excluding hydrogens is 340 g/mol. The molecule has 20 heavy (non-hydrogen) atoms. The number of rotatable bonds is 5. The number of methoxy groups -OCH3 is 2. The van der Waals surface area contributed by atoms with Crippen molar-refractivity contribution in [2.75, 3.05) is 14.2 Å². The van der Waals surface area contributed by atoms with Gasteiger partial charge < -0.3 is 9.47 Å². The molecule has 0 bridgehead atoms. The molecule has 4 heteroatoms. The Morgan fingerprint density at radius 1 is 1.05 bits per heavy atom. The molecule has 2 rings (SSSR count). The quantitative estimate of drug-likeness (QED) is 0.704. The SMILES string of the molecule is COc1cc(Br)c(C(Cl)Cc2ccccc2)cc1OC. The van der Waals surface area contributed by atoms with Crippen LogP contribution in [0.2, 0.25) is 0 Å². The molecule has 0 aliphatic rings. The standard InChI is InChI=1S/C16H16BrClO2/c1-19-15-9-12(13(17)10-16(15)20-2)14(18)8-11-6-4-3-5-7-11/h3-7,9-10,14H,8H2,1-2H3. The molecule has 1 atom stereocenters. The normalized spacial score (nSPS) is 12.0. The van der Waals surface area contributed by atoms with Crippen molar-refractivity contribution in [1.82, 2.24) is 0 Å². The lowest BCUT2D eigenvalue weighted by Crippen LogP contribution is -1.99. The Morgan fingerprint density at radius 2 is 1.65 bits per heavy atom. The Morgan fingerprint density at radius 3 is 2.25 bits per heavy atom. The summed E-state index contributed by atoms with van der Waals surface area (Å²) in [5.41, 5.74) is 2.20. The van der Waals surface area contributed by atoms with Crippen LogP contribution in [0, 0.1) is 0 Å². The van der Waals surface area contributed by atoms with E-state index in [4.69, 9.17) is 21.1 Å². The molecule has 2 aromatic rings. The highest BCUT2D eigenvalue weighted by Crippen LogP contribution is 2.39. The van der Waals surface area contributed by atoms with Crippen molar-refractivity contribution >= 4 is 27.5 Å². The molecule has 0 aromatic heterocycles. The van der Waals surface area contributed by atoms with E-state index >= 15 is 0 Å². The fraction of sp³-hybridized carbons (Fsp3) is 0.250. The van der Waals surface area contributed by atoms with Crippen molar-refractivity contribution in [3.05, 3.63) is 58.1 Å². The molecule has 1 unspecified atom stereocenters. The van der Waals surface area contributed by atoms with Crippen molar-refractivity contribution in [3.63, 3.8) is 0 Å². The average Bonchev–Trinajstić information content (AvgIpc) is 2.47. The largest absolute Gasteiger partial charge is 0.493 e. The summed E-state index contributed by atoms with van der Waals surface area (Å²) in [7, 11) is 3.24. The van der Waals surface area contributed by atoms with Crippen LogP contribution in [-0.4, -0.2) is 14.2 Å². The predicted molar refractivity (Wildman–Crippen MR) is 86.0 cm³/mol. The zero-order valence-corrected chi connectivity index (χ0v) is 13.7. The van der Waals surface area contributed by atoms with Gasteiger partial charge in [-0.05, 0) is 29.7 Å². The van der Waals surface area contributed by atoms with Crippen molar-refractivity contribution in [2.45, 2.75) is 11.8 Å². The van der Waals surface area contributed by atoms with Crippen LogP contribution in [0.15, 0.2) is 46.9 Å². The van der Waals surface area contributed by atoms with Gasteiger partial charge in [0, 0.05) is 4.47 Å². The minimum Gasteiger partial charge on any atom is -0.493 e. The summed E-state index contributed by atoms with van der Waals surface area (Å²) < 4.78 is 11.5. The zero-order valence-electron chi connectivity index (χ0n) is 11.4. The molecule has 0 fully saturated rings. The van der Waals surface area contributed by atoms with E-state index in [9.17, 15) is 0 Å². The van der Waals surface area contributed by atoms with Gasteiger partial charge in [0.2, 0.25) is 0 Å². The Hall–Kier alpha value is -1.19. The highest BCUT2D eigenvalue weighted by molar-refractivity contribution is 9.10.